The van der Waals surface area contributed by atoms with Crippen molar-refractivity contribution in [2.24, 2.45) is 0 Å². The summed E-state index contributed by atoms with van der Waals surface area (Å²) in [4.78, 5) is 11.0. The molecule has 64 valence electrons. The maximum Gasteiger partial charge on any atom is 0.164 e. The van der Waals surface area contributed by atoms with E-state index in [1.807, 2.05) is 6.92 Å². The van der Waals surface area contributed by atoms with Gasteiger partial charge in [0.2, 0.25) is 0 Å². The number of carbonyl (C=O) groups excluding carboxylic acids is 1. The predicted octanol–water partition coefficient (Wildman–Crippen LogP) is 1.12. The molecule has 1 rings (SSSR count). The van der Waals surface area contributed by atoms with Crippen LogP contribution in [0.25, 0.3) is 0 Å². The Labute approximate surface area is 66.7 Å². The lowest BCUT2D eigenvalue weighted by Gasteiger charge is -2.06. The largest absolute Gasteiger partial charge is 0.350 e. The Bertz CT molecular complexity index is 127. The molecule has 0 aromatic carbocycles. The van der Waals surface area contributed by atoms with Crippen LogP contribution < -0.4 is 0 Å². The van der Waals surface area contributed by atoms with E-state index < -0.39 is 0 Å². The highest BCUT2D eigenvalue weighted by atomic mass is 16.7. The summed E-state index contributed by atoms with van der Waals surface area (Å²) in [6, 6.07) is 0. The quantitative estimate of drug-likeness (QED) is 0.615. The molecule has 0 atom stereocenters. The summed E-state index contributed by atoms with van der Waals surface area (Å²) in [6.45, 7) is 3.25. The fourth-order valence-corrected chi connectivity index (χ4v) is 1.09. The third kappa shape index (κ3) is 2.99. The number of ketones is 1. The third-order valence-corrected chi connectivity index (χ3v) is 1.61. The van der Waals surface area contributed by atoms with E-state index in [9.17, 15) is 4.79 Å². The van der Waals surface area contributed by atoms with E-state index >= 15 is 0 Å². The minimum atomic E-state index is -0.256. The van der Waals surface area contributed by atoms with Crippen LogP contribution in [0.4, 0.5) is 0 Å². The van der Waals surface area contributed by atoms with E-state index in [0.29, 0.717) is 26.1 Å². The van der Waals surface area contributed by atoms with Gasteiger partial charge in [0.15, 0.2) is 6.29 Å². The van der Waals surface area contributed by atoms with Gasteiger partial charge in [0, 0.05) is 6.42 Å². The van der Waals surface area contributed by atoms with E-state index in [2.05, 4.69) is 0 Å². The van der Waals surface area contributed by atoms with Crippen molar-refractivity contribution in [2.45, 2.75) is 32.5 Å². The lowest BCUT2D eigenvalue weighted by Crippen LogP contribution is -2.13. The molecule has 3 heteroatoms. The second kappa shape index (κ2) is 4.46. The molecule has 0 amide bonds. The molecule has 0 aromatic rings. The molecule has 0 aliphatic carbocycles. The molecular formula is C8H14O3. The fourth-order valence-electron chi connectivity index (χ4n) is 1.09. The maximum absolute atomic E-state index is 11.0. The van der Waals surface area contributed by atoms with Gasteiger partial charge in [-0.1, -0.05) is 6.92 Å². The number of hydrogen-bond acceptors (Lipinski definition) is 3. The van der Waals surface area contributed by atoms with Crippen LogP contribution in [0.15, 0.2) is 0 Å². The van der Waals surface area contributed by atoms with E-state index in [1.165, 1.54) is 0 Å². The molecule has 0 bridgehead atoms. The van der Waals surface area contributed by atoms with Crippen LogP contribution in [-0.2, 0) is 14.3 Å². The van der Waals surface area contributed by atoms with E-state index in [-0.39, 0.29) is 12.1 Å². The van der Waals surface area contributed by atoms with Crippen LogP contribution in [0.1, 0.15) is 26.2 Å². The van der Waals surface area contributed by atoms with Gasteiger partial charge in [0.05, 0.1) is 19.6 Å². The highest BCUT2D eigenvalue weighted by molar-refractivity contribution is 5.78. The van der Waals surface area contributed by atoms with Gasteiger partial charge in [0.25, 0.3) is 0 Å². The Kier molecular flexibility index (Phi) is 3.52. The Morgan fingerprint density at radius 1 is 1.45 bits per heavy atom. The van der Waals surface area contributed by atoms with Crippen LogP contribution in [0.5, 0.6) is 0 Å². The molecule has 1 fully saturated rings. The van der Waals surface area contributed by atoms with E-state index in [0.717, 1.165) is 6.42 Å². The first-order valence-corrected chi connectivity index (χ1v) is 4.08. The number of carbonyl (C=O) groups is 1. The zero-order valence-electron chi connectivity index (χ0n) is 6.84. The summed E-state index contributed by atoms with van der Waals surface area (Å²) < 4.78 is 10.3. The first-order chi connectivity index (χ1) is 5.33. The van der Waals surface area contributed by atoms with Crippen LogP contribution in [-0.4, -0.2) is 25.3 Å². The standard InChI is InChI=1S/C8H14O3/c1-2-3-7(9)6-8-10-4-5-11-8/h8H,2-6H2,1H3. The summed E-state index contributed by atoms with van der Waals surface area (Å²) >= 11 is 0. The molecule has 1 heterocycles. The summed E-state index contributed by atoms with van der Waals surface area (Å²) in [5.41, 5.74) is 0. The average molecular weight is 158 g/mol. The van der Waals surface area contributed by atoms with Crippen molar-refractivity contribution < 1.29 is 14.3 Å². The molecule has 0 spiro atoms. The third-order valence-electron chi connectivity index (χ3n) is 1.61. The number of rotatable bonds is 4. The van der Waals surface area contributed by atoms with Gasteiger partial charge >= 0.3 is 0 Å². The molecule has 1 aliphatic rings. The predicted molar refractivity (Wildman–Crippen MR) is 40.2 cm³/mol. The zero-order valence-corrected chi connectivity index (χ0v) is 6.84. The van der Waals surface area contributed by atoms with Gasteiger partial charge in [-0.05, 0) is 6.42 Å². The van der Waals surface area contributed by atoms with Gasteiger partial charge in [-0.25, -0.2) is 0 Å². The molecule has 0 aromatic heterocycles. The summed E-state index contributed by atoms with van der Waals surface area (Å²) in [6.07, 6.45) is 1.72. The summed E-state index contributed by atoms with van der Waals surface area (Å²) in [7, 11) is 0. The molecule has 0 unspecified atom stereocenters. The van der Waals surface area contributed by atoms with Gasteiger partial charge in [-0.3, -0.25) is 4.79 Å². The maximum atomic E-state index is 11.0. The highest BCUT2D eigenvalue weighted by Gasteiger charge is 2.18. The van der Waals surface area contributed by atoms with Crippen molar-refractivity contribution in [2.75, 3.05) is 13.2 Å². The molecule has 1 saturated heterocycles. The van der Waals surface area contributed by atoms with Crippen molar-refractivity contribution in [3.05, 3.63) is 0 Å². The lowest BCUT2D eigenvalue weighted by molar-refractivity contribution is -0.127. The molecule has 0 N–H and O–H groups in total. The Hall–Kier alpha value is -0.410. The monoisotopic (exact) mass is 158 g/mol. The minimum absolute atomic E-state index is 0.236. The van der Waals surface area contributed by atoms with Crippen LogP contribution >= 0.6 is 0 Å². The fraction of sp³-hybridized carbons (Fsp3) is 0.875. The Morgan fingerprint density at radius 3 is 2.64 bits per heavy atom. The summed E-state index contributed by atoms with van der Waals surface area (Å²) in [5, 5.41) is 0. The second-order valence-corrected chi connectivity index (χ2v) is 2.66. The molecule has 3 nitrogen and oxygen atoms in total. The Balaban J connectivity index is 2.13. The summed E-state index contributed by atoms with van der Waals surface area (Å²) in [5.74, 6) is 0.236. The van der Waals surface area contributed by atoms with Crippen molar-refractivity contribution in [1.29, 1.82) is 0 Å². The van der Waals surface area contributed by atoms with E-state index in [4.69, 9.17) is 9.47 Å². The van der Waals surface area contributed by atoms with Gasteiger partial charge in [0.1, 0.15) is 5.78 Å². The van der Waals surface area contributed by atoms with Crippen molar-refractivity contribution in [3.8, 4) is 0 Å². The zero-order chi connectivity index (χ0) is 8.10. The number of ether oxygens (including phenoxy) is 2. The van der Waals surface area contributed by atoms with Gasteiger partial charge < -0.3 is 9.47 Å². The van der Waals surface area contributed by atoms with Crippen molar-refractivity contribution in [1.82, 2.24) is 0 Å². The average Bonchev–Trinajstić information content (AvgIpc) is 2.40. The SMILES string of the molecule is CCCC(=O)CC1OCCO1. The molecule has 0 radical (unpaired) electrons. The molecule has 1 aliphatic heterocycles. The number of Topliss-reactive ketones (excluding diaryl/α,β-unsaturated/α-hetero) is 1. The smallest absolute Gasteiger partial charge is 0.164 e. The topological polar surface area (TPSA) is 35.5 Å². The number of hydrogen-bond donors (Lipinski definition) is 0. The van der Waals surface area contributed by atoms with Crippen LogP contribution in [0, 0.1) is 0 Å². The first kappa shape index (κ1) is 8.68. The molecule has 0 saturated carbocycles. The molecular weight excluding hydrogens is 144 g/mol. The van der Waals surface area contributed by atoms with Crippen molar-refractivity contribution >= 4 is 5.78 Å². The lowest BCUT2D eigenvalue weighted by atomic mass is 10.2. The normalized spacial score (nSPS) is 19.0. The van der Waals surface area contributed by atoms with Gasteiger partial charge in [-0.2, -0.15) is 0 Å². The van der Waals surface area contributed by atoms with E-state index in [1.54, 1.807) is 0 Å². The Morgan fingerprint density at radius 2 is 2.09 bits per heavy atom. The van der Waals surface area contributed by atoms with Gasteiger partial charge in [-0.15, -0.1) is 0 Å². The second-order valence-electron chi connectivity index (χ2n) is 2.66. The van der Waals surface area contributed by atoms with Crippen LogP contribution in [0.3, 0.4) is 0 Å². The highest BCUT2D eigenvalue weighted by Crippen LogP contribution is 2.09. The van der Waals surface area contributed by atoms with Crippen LogP contribution in [0.2, 0.25) is 0 Å². The van der Waals surface area contributed by atoms with Crippen molar-refractivity contribution in [3.63, 3.8) is 0 Å². The molecule has 11 heavy (non-hydrogen) atoms. The minimum Gasteiger partial charge on any atom is -0.350 e. The first-order valence-electron chi connectivity index (χ1n) is 4.08.